The van der Waals surface area contributed by atoms with Gasteiger partial charge in [0.1, 0.15) is 0 Å². The van der Waals surface area contributed by atoms with Crippen molar-refractivity contribution in [2.24, 2.45) is 23.2 Å². The molecule has 0 saturated heterocycles. The summed E-state index contributed by atoms with van der Waals surface area (Å²) in [6.07, 6.45) is 20.1. The third-order valence-electron chi connectivity index (χ3n) is 11.2. The molecule has 3 nitrogen and oxygen atoms in total. The topological polar surface area (TPSA) is 60.7 Å². The molecule has 4 saturated carbocycles. The fourth-order valence-corrected chi connectivity index (χ4v) is 8.48. The molecule has 0 amide bonds. The Morgan fingerprint density at radius 3 is 2.50 bits per heavy atom. The Hall–Kier alpha value is -1.94. The monoisotopic (exact) mass is 544 g/mol. The Bertz CT molecular complexity index is 1140. The third-order valence-corrected chi connectivity index (χ3v) is 11.2. The molecule has 4 fully saturated rings. The number of fused-ring (bicyclic) bond motifs is 1. The number of aliphatic hydroxyl groups excluding tert-OH is 3. The van der Waals surface area contributed by atoms with E-state index in [-0.39, 0.29) is 10.8 Å². The molecule has 1 aromatic rings. The molecule has 0 radical (unpaired) electrons. The van der Waals surface area contributed by atoms with Crippen LogP contribution in [-0.2, 0) is 11.8 Å². The summed E-state index contributed by atoms with van der Waals surface area (Å²) in [7, 11) is 0. The molecule has 3 N–H and O–H groups in total. The largest absolute Gasteiger partial charge is 0.393 e. The van der Waals surface area contributed by atoms with E-state index in [1.807, 2.05) is 0 Å². The smallest absolute Gasteiger partial charge is 0.0817 e. The molecule has 0 bridgehead atoms. The van der Waals surface area contributed by atoms with Gasteiger partial charge in [-0.25, -0.2) is 0 Å². The number of rotatable bonds is 9. The Kier molecular flexibility index (Phi) is 8.95. The molecule has 4 aliphatic rings. The lowest BCUT2D eigenvalue weighted by Gasteiger charge is -2.44. The normalized spacial score (nSPS) is 35.3. The van der Waals surface area contributed by atoms with E-state index >= 15 is 0 Å². The summed E-state index contributed by atoms with van der Waals surface area (Å²) >= 11 is 0. The van der Waals surface area contributed by atoms with E-state index in [1.54, 1.807) is 0 Å². The quantitative estimate of drug-likeness (QED) is 0.279. The standard InChI is InChI=1S/C37H52O3/c1-5-6-8-27-11-15-30(16-12-27)37(21-22-37)35(40)19-10-25(2)32-17-18-33-28(9-7-20-36(32,33)4)13-14-29-23-31(38)24-34(39)26(29)3/h10-16,19,25,31-35,38-40H,3,5-9,17-18,20-24H2,1-2,4H3/t25-,31-,32-,33+,34+,35+,36-/m1/s1. The van der Waals surface area contributed by atoms with Crippen molar-refractivity contribution in [3.05, 3.63) is 83.0 Å². The lowest BCUT2D eigenvalue weighted by Crippen LogP contribution is -2.35. The van der Waals surface area contributed by atoms with E-state index < -0.39 is 18.3 Å². The Morgan fingerprint density at radius 1 is 1.05 bits per heavy atom. The molecule has 0 aromatic heterocycles. The minimum Gasteiger partial charge on any atom is -0.393 e. The maximum atomic E-state index is 11.3. The minimum atomic E-state index is -0.635. The van der Waals surface area contributed by atoms with Crippen molar-refractivity contribution in [3.8, 4) is 0 Å². The molecule has 40 heavy (non-hydrogen) atoms. The van der Waals surface area contributed by atoms with Gasteiger partial charge in [-0.2, -0.15) is 0 Å². The fraction of sp³-hybridized carbons (Fsp3) is 0.622. The molecule has 0 spiro atoms. The Balaban J connectivity index is 1.25. The summed E-state index contributed by atoms with van der Waals surface area (Å²) < 4.78 is 0. The summed E-state index contributed by atoms with van der Waals surface area (Å²) in [5.74, 6) is 1.62. The predicted molar refractivity (Wildman–Crippen MR) is 165 cm³/mol. The van der Waals surface area contributed by atoms with Crippen LogP contribution in [-0.4, -0.2) is 33.6 Å². The second-order valence-electron chi connectivity index (χ2n) is 13.8. The average molecular weight is 545 g/mol. The molecule has 218 valence electrons. The molecule has 0 heterocycles. The zero-order valence-corrected chi connectivity index (χ0v) is 25.1. The van der Waals surface area contributed by atoms with Gasteiger partial charge in [-0.05, 0) is 110 Å². The molecule has 3 heteroatoms. The summed E-state index contributed by atoms with van der Waals surface area (Å²) in [4.78, 5) is 0. The maximum absolute atomic E-state index is 11.3. The van der Waals surface area contributed by atoms with Gasteiger partial charge in [0.05, 0.1) is 18.3 Å². The SMILES string of the molecule is C=C1C(=CC=C2CCC[C@]3(C)[C@@H]([C@H](C)C=C[C@H](O)C4(c5ccc(CCCC)cc5)CC4)CC[C@@H]23)C[C@@H](O)C[C@@H]1O. The van der Waals surface area contributed by atoms with Crippen molar-refractivity contribution in [1.29, 1.82) is 0 Å². The summed E-state index contributed by atoms with van der Waals surface area (Å²) in [5, 5.41) is 31.7. The Morgan fingerprint density at radius 2 is 1.80 bits per heavy atom. The molecule has 0 aliphatic heterocycles. The number of hydrogen-bond donors (Lipinski definition) is 3. The van der Waals surface area contributed by atoms with Crippen LogP contribution >= 0.6 is 0 Å². The van der Waals surface area contributed by atoms with Gasteiger partial charge in [0, 0.05) is 11.8 Å². The van der Waals surface area contributed by atoms with Crippen LogP contribution in [0.2, 0.25) is 0 Å². The molecule has 4 aliphatic carbocycles. The number of aryl methyl sites for hydroxylation is 1. The molecule has 7 atom stereocenters. The molecular formula is C37H52O3. The van der Waals surface area contributed by atoms with Gasteiger partial charge in [-0.15, -0.1) is 0 Å². The average Bonchev–Trinajstić information content (AvgIpc) is 3.67. The van der Waals surface area contributed by atoms with Gasteiger partial charge in [0.25, 0.3) is 0 Å². The van der Waals surface area contributed by atoms with Gasteiger partial charge in [-0.1, -0.05) is 87.9 Å². The zero-order chi connectivity index (χ0) is 28.5. The molecular weight excluding hydrogens is 492 g/mol. The number of allylic oxidation sites excluding steroid dienone is 4. The van der Waals surface area contributed by atoms with Gasteiger partial charge in [-0.3, -0.25) is 0 Å². The van der Waals surface area contributed by atoms with Crippen LogP contribution in [0, 0.1) is 23.2 Å². The number of benzene rings is 1. The molecule has 0 unspecified atom stereocenters. The third kappa shape index (κ3) is 5.85. The van der Waals surface area contributed by atoms with Crippen LogP contribution in [0.15, 0.2) is 71.9 Å². The van der Waals surface area contributed by atoms with Crippen molar-refractivity contribution in [3.63, 3.8) is 0 Å². The van der Waals surface area contributed by atoms with E-state index in [9.17, 15) is 15.3 Å². The minimum absolute atomic E-state index is 0.0971. The predicted octanol–water partition coefficient (Wildman–Crippen LogP) is 7.76. The van der Waals surface area contributed by atoms with Gasteiger partial charge >= 0.3 is 0 Å². The van der Waals surface area contributed by atoms with Gasteiger partial charge in [0.15, 0.2) is 0 Å². The lowest BCUT2D eigenvalue weighted by molar-refractivity contribution is 0.0862. The molecule has 5 rings (SSSR count). The lowest BCUT2D eigenvalue weighted by atomic mass is 9.61. The van der Waals surface area contributed by atoms with E-state index in [2.05, 4.69) is 75.9 Å². The van der Waals surface area contributed by atoms with Gasteiger partial charge in [0.2, 0.25) is 0 Å². The van der Waals surface area contributed by atoms with Crippen LogP contribution in [0.25, 0.3) is 0 Å². The van der Waals surface area contributed by atoms with E-state index in [4.69, 9.17) is 0 Å². The van der Waals surface area contributed by atoms with Crippen LogP contribution in [0.1, 0.15) is 103 Å². The highest BCUT2D eigenvalue weighted by Crippen LogP contribution is 2.60. The summed E-state index contributed by atoms with van der Waals surface area (Å²) in [5.41, 5.74) is 6.16. The Labute approximate surface area is 242 Å². The van der Waals surface area contributed by atoms with Crippen molar-refractivity contribution >= 4 is 0 Å². The van der Waals surface area contributed by atoms with E-state index in [0.29, 0.717) is 30.6 Å². The molecule has 1 aromatic carbocycles. The van der Waals surface area contributed by atoms with E-state index in [1.165, 1.54) is 55.2 Å². The van der Waals surface area contributed by atoms with Crippen molar-refractivity contribution < 1.29 is 15.3 Å². The second kappa shape index (κ2) is 12.1. The van der Waals surface area contributed by atoms with Crippen LogP contribution in [0.4, 0.5) is 0 Å². The summed E-state index contributed by atoms with van der Waals surface area (Å²) in [6, 6.07) is 9.05. The van der Waals surface area contributed by atoms with Gasteiger partial charge < -0.3 is 15.3 Å². The van der Waals surface area contributed by atoms with Crippen molar-refractivity contribution in [2.75, 3.05) is 0 Å². The van der Waals surface area contributed by atoms with Crippen LogP contribution in [0.5, 0.6) is 0 Å². The van der Waals surface area contributed by atoms with Crippen LogP contribution in [0.3, 0.4) is 0 Å². The first kappa shape index (κ1) is 29.5. The number of hydrogen-bond acceptors (Lipinski definition) is 3. The second-order valence-corrected chi connectivity index (χ2v) is 13.8. The highest BCUT2D eigenvalue weighted by atomic mass is 16.3. The maximum Gasteiger partial charge on any atom is 0.0817 e. The first-order valence-corrected chi connectivity index (χ1v) is 16.1. The highest BCUT2D eigenvalue weighted by molar-refractivity contribution is 5.39. The first-order chi connectivity index (χ1) is 19.2. The zero-order valence-electron chi connectivity index (χ0n) is 25.1. The van der Waals surface area contributed by atoms with Crippen molar-refractivity contribution in [2.45, 2.75) is 122 Å². The number of aliphatic hydroxyl groups is 3. The fourth-order valence-electron chi connectivity index (χ4n) is 8.48. The summed E-state index contributed by atoms with van der Waals surface area (Å²) in [6.45, 7) is 11.2. The first-order valence-electron chi connectivity index (χ1n) is 16.1. The number of unbranched alkanes of at least 4 members (excludes halogenated alkanes) is 1. The van der Waals surface area contributed by atoms with Crippen LogP contribution < -0.4 is 0 Å². The highest BCUT2D eigenvalue weighted by Gasteiger charge is 2.51. The van der Waals surface area contributed by atoms with E-state index in [0.717, 1.165) is 36.8 Å². The van der Waals surface area contributed by atoms with Crippen molar-refractivity contribution in [1.82, 2.24) is 0 Å².